The molecule has 1 aliphatic carbocycles. The quantitative estimate of drug-likeness (QED) is 0.599. The third-order valence-electron chi connectivity index (χ3n) is 5.32. The number of nitrogens with one attached hydrogen (secondary N) is 1. The van der Waals surface area contributed by atoms with Crippen LogP contribution in [0.5, 0.6) is 0 Å². The van der Waals surface area contributed by atoms with E-state index in [4.69, 9.17) is 0 Å². The molecule has 1 aliphatic rings. The molecule has 0 saturated heterocycles. The summed E-state index contributed by atoms with van der Waals surface area (Å²) < 4.78 is 27.0. The molecule has 0 spiro atoms. The van der Waals surface area contributed by atoms with Crippen LogP contribution in [-0.2, 0) is 23.5 Å². The van der Waals surface area contributed by atoms with Gasteiger partial charge in [-0.2, -0.15) is 0 Å². The van der Waals surface area contributed by atoms with Crippen LogP contribution in [0, 0.1) is 0 Å². The summed E-state index contributed by atoms with van der Waals surface area (Å²) in [5.74, 6) is 0.702. The number of rotatable bonds is 7. The maximum Gasteiger partial charge on any atom is 0.229 e. The highest BCUT2D eigenvalue weighted by Gasteiger charge is 2.23. The predicted octanol–water partition coefficient (Wildman–Crippen LogP) is 4.10. The molecule has 1 saturated carbocycles. The molecule has 4 rings (SSSR count). The topological polar surface area (TPSA) is 68.2 Å². The number of hydrogen-bond donors (Lipinski definition) is 1. The van der Waals surface area contributed by atoms with Crippen LogP contribution in [-0.4, -0.2) is 25.0 Å². The lowest BCUT2D eigenvalue weighted by molar-refractivity contribution is 0.103. The molecule has 0 bridgehead atoms. The van der Waals surface area contributed by atoms with Crippen LogP contribution >= 0.6 is 0 Å². The SMILES string of the molecule is Cn1c(Cc2ccc(NS(C)(=O)=O)cc2)ccc1C(=O)c1ccc(C2CC2)cc1. The smallest absolute Gasteiger partial charge is 0.229 e. The number of benzene rings is 2. The zero-order valence-electron chi connectivity index (χ0n) is 16.6. The molecule has 6 heteroatoms. The van der Waals surface area contributed by atoms with Crippen molar-refractivity contribution >= 4 is 21.5 Å². The van der Waals surface area contributed by atoms with Gasteiger partial charge in [0.25, 0.3) is 0 Å². The van der Waals surface area contributed by atoms with Gasteiger partial charge < -0.3 is 4.57 Å². The number of ketones is 1. The summed E-state index contributed by atoms with van der Waals surface area (Å²) in [6.45, 7) is 0. The summed E-state index contributed by atoms with van der Waals surface area (Å²) in [6.07, 6.45) is 4.28. The second kappa shape index (κ2) is 7.52. The maximum absolute atomic E-state index is 12.9. The Morgan fingerprint density at radius 3 is 2.24 bits per heavy atom. The van der Waals surface area contributed by atoms with Gasteiger partial charge in [0, 0.05) is 30.4 Å². The fourth-order valence-electron chi connectivity index (χ4n) is 3.54. The summed E-state index contributed by atoms with van der Waals surface area (Å²) in [6, 6.07) is 19.1. The molecule has 0 aliphatic heterocycles. The fraction of sp³-hybridized carbons (Fsp3) is 0.261. The Morgan fingerprint density at radius 1 is 1.00 bits per heavy atom. The molecular weight excluding hydrogens is 384 g/mol. The Hall–Kier alpha value is -2.86. The van der Waals surface area contributed by atoms with Gasteiger partial charge in [-0.3, -0.25) is 9.52 Å². The van der Waals surface area contributed by atoms with Crippen molar-refractivity contribution in [3.05, 3.63) is 88.7 Å². The standard InChI is InChI=1S/C23H24N2O3S/c1-25-21(15-16-3-11-20(12-4-16)24-29(2,27)28)13-14-22(25)23(26)19-9-7-18(8-10-19)17-5-6-17/h3-4,7-14,17,24H,5-6,15H2,1-2H3. The first-order valence-corrected chi connectivity index (χ1v) is 11.6. The van der Waals surface area contributed by atoms with Crippen LogP contribution in [0.15, 0.2) is 60.7 Å². The number of sulfonamides is 1. The summed E-state index contributed by atoms with van der Waals surface area (Å²) in [5, 5.41) is 0. The minimum Gasteiger partial charge on any atom is -0.345 e. The molecule has 2 aromatic carbocycles. The Balaban J connectivity index is 1.48. The monoisotopic (exact) mass is 408 g/mol. The zero-order valence-corrected chi connectivity index (χ0v) is 17.4. The third-order valence-corrected chi connectivity index (χ3v) is 5.93. The van der Waals surface area contributed by atoms with Gasteiger partial charge in [-0.05, 0) is 54.2 Å². The van der Waals surface area contributed by atoms with Gasteiger partial charge in [-0.25, -0.2) is 8.42 Å². The minimum absolute atomic E-state index is 0.0220. The largest absolute Gasteiger partial charge is 0.345 e. The lowest BCUT2D eigenvalue weighted by Gasteiger charge is -2.09. The van der Waals surface area contributed by atoms with Gasteiger partial charge in [-0.1, -0.05) is 36.4 Å². The molecule has 0 amide bonds. The highest BCUT2D eigenvalue weighted by Crippen LogP contribution is 2.40. The number of nitrogens with zero attached hydrogens (tertiary/aromatic N) is 1. The molecule has 5 nitrogen and oxygen atoms in total. The Morgan fingerprint density at radius 2 is 1.66 bits per heavy atom. The van der Waals surface area contributed by atoms with E-state index in [2.05, 4.69) is 16.9 Å². The van der Waals surface area contributed by atoms with E-state index in [9.17, 15) is 13.2 Å². The van der Waals surface area contributed by atoms with Gasteiger partial charge >= 0.3 is 0 Å². The van der Waals surface area contributed by atoms with Crippen LogP contribution in [0.2, 0.25) is 0 Å². The third kappa shape index (κ3) is 4.59. The van der Waals surface area contributed by atoms with Gasteiger partial charge in [0.1, 0.15) is 0 Å². The van der Waals surface area contributed by atoms with E-state index >= 15 is 0 Å². The van der Waals surface area contributed by atoms with Crippen molar-refractivity contribution in [1.82, 2.24) is 4.57 Å². The molecule has 1 N–H and O–H groups in total. The zero-order chi connectivity index (χ0) is 20.6. The Bertz CT molecular complexity index is 1140. The average molecular weight is 409 g/mol. The van der Waals surface area contributed by atoms with E-state index < -0.39 is 10.0 Å². The van der Waals surface area contributed by atoms with Crippen molar-refractivity contribution in [3.8, 4) is 0 Å². The number of aromatic nitrogens is 1. The first-order valence-electron chi connectivity index (χ1n) is 9.66. The molecular formula is C23H24N2O3S. The van der Waals surface area contributed by atoms with Crippen LogP contribution in [0.1, 0.15) is 51.6 Å². The molecule has 29 heavy (non-hydrogen) atoms. The summed E-state index contributed by atoms with van der Waals surface area (Å²) >= 11 is 0. The van der Waals surface area contributed by atoms with Gasteiger partial charge in [0.15, 0.2) is 0 Å². The van der Waals surface area contributed by atoms with Crippen LogP contribution in [0.4, 0.5) is 5.69 Å². The summed E-state index contributed by atoms with van der Waals surface area (Å²) in [4.78, 5) is 12.9. The van der Waals surface area contributed by atoms with Crippen LogP contribution in [0.25, 0.3) is 0 Å². The normalized spacial score (nSPS) is 14.0. The van der Waals surface area contributed by atoms with Crippen molar-refractivity contribution in [1.29, 1.82) is 0 Å². The van der Waals surface area contributed by atoms with Gasteiger partial charge in [0.05, 0.1) is 11.9 Å². The number of carbonyl (C=O) groups is 1. The highest BCUT2D eigenvalue weighted by atomic mass is 32.2. The first kappa shape index (κ1) is 19.5. The number of carbonyl (C=O) groups excluding carboxylic acids is 1. The van der Waals surface area contributed by atoms with Crippen molar-refractivity contribution < 1.29 is 13.2 Å². The van der Waals surface area contributed by atoms with Crippen molar-refractivity contribution in [2.45, 2.75) is 25.2 Å². The van der Waals surface area contributed by atoms with Crippen molar-refractivity contribution in [2.24, 2.45) is 7.05 Å². The molecule has 0 atom stereocenters. The summed E-state index contributed by atoms with van der Waals surface area (Å²) in [7, 11) is -1.38. The van der Waals surface area contributed by atoms with E-state index in [1.54, 1.807) is 12.1 Å². The highest BCUT2D eigenvalue weighted by molar-refractivity contribution is 7.92. The molecule has 1 heterocycles. The number of hydrogen-bond acceptors (Lipinski definition) is 3. The molecule has 3 aromatic rings. The Labute approximate surface area is 171 Å². The van der Waals surface area contributed by atoms with Crippen LogP contribution in [0.3, 0.4) is 0 Å². The van der Waals surface area contributed by atoms with E-state index in [0.29, 0.717) is 29.3 Å². The molecule has 0 unspecified atom stereocenters. The minimum atomic E-state index is -3.28. The summed E-state index contributed by atoms with van der Waals surface area (Å²) in [5.41, 5.74) is 5.29. The molecule has 0 radical (unpaired) electrons. The first-order chi connectivity index (χ1) is 13.8. The second-order valence-electron chi connectivity index (χ2n) is 7.74. The number of anilines is 1. The van der Waals surface area contributed by atoms with E-state index in [1.165, 1.54) is 18.4 Å². The molecule has 150 valence electrons. The van der Waals surface area contributed by atoms with E-state index in [1.807, 2.05) is 48.0 Å². The lowest BCUT2D eigenvalue weighted by atomic mass is 10.0. The van der Waals surface area contributed by atoms with Crippen molar-refractivity contribution in [2.75, 3.05) is 11.0 Å². The average Bonchev–Trinajstić information content (AvgIpc) is 3.47. The van der Waals surface area contributed by atoms with Gasteiger partial charge in [-0.15, -0.1) is 0 Å². The molecule has 1 aromatic heterocycles. The Kier molecular flexibility index (Phi) is 5.04. The fourth-order valence-corrected chi connectivity index (χ4v) is 4.11. The maximum atomic E-state index is 12.9. The van der Waals surface area contributed by atoms with E-state index in [0.717, 1.165) is 17.5 Å². The molecule has 1 fully saturated rings. The second-order valence-corrected chi connectivity index (χ2v) is 9.49. The lowest BCUT2D eigenvalue weighted by Crippen LogP contribution is -2.10. The van der Waals surface area contributed by atoms with Crippen LogP contribution < -0.4 is 4.72 Å². The van der Waals surface area contributed by atoms with E-state index in [-0.39, 0.29) is 5.78 Å². The van der Waals surface area contributed by atoms with Crippen molar-refractivity contribution in [3.63, 3.8) is 0 Å². The van der Waals surface area contributed by atoms with Gasteiger partial charge in [0.2, 0.25) is 15.8 Å². The predicted molar refractivity (Wildman–Crippen MR) is 115 cm³/mol.